The second-order valence-electron chi connectivity index (χ2n) is 4.59. The molecule has 0 fully saturated rings. The maximum atomic E-state index is 13.2. The molecule has 0 saturated carbocycles. The predicted molar refractivity (Wildman–Crippen MR) is 68.1 cm³/mol. The molecule has 4 nitrogen and oxygen atoms in total. The molecule has 2 rings (SSSR count). The number of aromatic nitrogens is 1. The molecule has 0 aliphatic heterocycles. The van der Waals surface area contributed by atoms with Crippen LogP contribution in [-0.4, -0.2) is 23.0 Å². The van der Waals surface area contributed by atoms with Crippen LogP contribution < -0.4 is 0 Å². The van der Waals surface area contributed by atoms with Crippen LogP contribution >= 0.6 is 0 Å². The Labute approximate surface area is 115 Å². The Morgan fingerprint density at radius 1 is 1.30 bits per heavy atom. The highest BCUT2D eigenvalue weighted by atomic mass is 19.2. The summed E-state index contributed by atoms with van der Waals surface area (Å²) < 4.78 is 31.0. The van der Waals surface area contributed by atoms with E-state index in [1.165, 1.54) is 17.0 Å². The summed E-state index contributed by atoms with van der Waals surface area (Å²) in [5.74, 6) is -1.67. The van der Waals surface area contributed by atoms with Gasteiger partial charge in [-0.1, -0.05) is 11.2 Å². The number of carbonyl (C=O) groups excluding carboxylic acids is 1. The average Bonchev–Trinajstić information content (AvgIpc) is 2.86. The van der Waals surface area contributed by atoms with Crippen LogP contribution in [0.2, 0.25) is 0 Å². The van der Waals surface area contributed by atoms with Crippen LogP contribution in [0.15, 0.2) is 28.8 Å². The van der Waals surface area contributed by atoms with Gasteiger partial charge in [0, 0.05) is 13.1 Å². The van der Waals surface area contributed by atoms with Gasteiger partial charge in [0.15, 0.2) is 17.3 Å². The monoisotopic (exact) mass is 280 g/mol. The van der Waals surface area contributed by atoms with Crippen molar-refractivity contribution in [3.63, 3.8) is 0 Å². The third-order valence-corrected chi connectivity index (χ3v) is 3.17. The van der Waals surface area contributed by atoms with Crippen LogP contribution in [0.25, 0.3) is 0 Å². The van der Waals surface area contributed by atoms with Crippen LogP contribution in [0.4, 0.5) is 8.78 Å². The third kappa shape index (κ3) is 2.68. The molecule has 1 heterocycles. The molecule has 0 saturated heterocycles. The molecule has 0 unspecified atom stereocenters. The molecule has 0 radical (unpaired) electrons. The van der Waals surface area contributed by atoms with Crippen molar-refractivity contribution in [2.45, 2.75) is 19.9 Å². The first-order valence-corrected chi connectivity index (χ1v) is 6.05. The second kappa shape index (κ2) is 5.40. The number of hydrogen-bond acceptors (Lipinski definition) is 3. The first kappa shape index (κ1) is 14.2. The van der Waals surface area contributed by atoms with Crippen LogP contribution in [0.1, 0.15) is 34.8 Å². The molecule has 6 heteroatoms. The lowest BCUT2D eigenvalue weighted by Crippen LogP contribution is -2.30. The molecule has 1 atom stereocenters. The molecular formula is C14H14F2N2O2. The third-order valence-electron chi connectivity index (χ3n) is 3.17. The van der Waals surface area contributed by atoms with Crippen molar-refractivity contribution in [3.05, 3.63) is 52.9 Å². The van der Waals surface area contributed by atoms with E-state index < -0.39 is 17.7 Å². The van der Waals surface area contributed by atoms with Gasteiger partial charge in [0.1, 0.15) is 5.76 Å². The SMILES string of the molecule is Cc1cc(C(=O)N(C)[C@@H](C)c2ccc(F)c(F)c2)no1. The number of aryl methyl sites for hydroxylation is 1. The van der Waals surface area contributed by atoms with Gasteiger partial charge in [-0.05, 0) is 31.5 Å². The number of amides is 1. The van der Waals surface area contributed by atoms with E-state index >= 15 is 0 Å². The lowest BCUT2D eigenvalue weighted by atomic mass is 10.1. The summed E-state index contributed by atoms with van der Waals surface area (Å²) in [5, 5.41) is 3.64. The average molecular weight is 280 g/mol. The summed E-state index contributed by atoms with van der Waals surface area (Å²) in [7, 11) is 1.57. The fraction of sp³-hybridized carbons (Fsp3) is 0.286. The van der Waals surface area contributed by atoms with E-state index in [1.54, 1.807) is 20.9 Å². The fourth-order valence-electron chi connectivity index (χ4n) is 1.82. The minimum atomic E-state index is -0.938. The lowest BCUT2D eigenvalue weighted by Gasteiger charge is -2.24. The first-order valence-electron chi connectivity index (χ1n) is 6.05. The minimum absolute atomic E-state index is 0.180. The number of hydrogen-bond donors (Lipinski definition) is 0. The highest BCUT2D eigenvalue weighted by Crippen LogP contribution is 2.22. The summed E-state index contributed by atoms with van der Waals surface area (Å²) in [4.78, 5) is 13.6. The van der Waals surface area contributed by atoms with Crippen molar-refractivity contribution in [3.8, 4) is 0 Å². The Morgan fingerprint density at radius 2 is 2.00 bits per heavy atom. The quantitative estimate of drug-likeness (QED) is 0.868. The van der Waals surface area contributed by atoms with Gasteiger partial charge in [0.25, 0.3) is 5.91 Å². The van der Waals surface area contributed by atoms with Crippen molar-refractivity contribution in [2.75, 3.05) is 7.05 Å². The molecule has 0 bridgehead atoms. The molecule has 0 aliphatic rings. The smallest absolute Gasteiger partial charge is 0.276 e. The molecule has 106 valence electrons. The zero-order chi connectivity index (χ0) is 14.9. The Balaban J connectivity index is 2.21. The van der Waals surface area contributed by atoms with E-state index in [2.05, 4.69) is 5.16 Å². The highest BCUT2D eigenvalue weighted by Gasteiger charge is 2.22. The molecule has 20 heavy (non-hydrogen) atoms. The summed E-state index contributed by atoms with van der Waals surface area (Å²) >= 11 is 0. The van der Waals surface area contributed by atoms with Crippen LogP contribution in [-0.2, 0) is 0 Å². The van der Waals surface area contributed by atoms with Gasteiger partial charge < -0.3 is 9.42 Å². The molecule has 1 aromatic carbocycles. The normalized spacial score (nSPS) is 12.2. The Bertz CT molecular complexity index is 640. The van der Waals surface area contributed by atoms with E-state index in [-0.39, 0.29) is 11.6 Å². The van der Waals surface area contributed by atoms with Gasteiger partial charge in [0.05, 0.1) is 6.04 Å². The summed E-state index contributed by atoms with van der Waals surface area (Å²) in [6.07, 6.45) is 0. The van der Waals surface area contributed by atoms with Gasteiger partial charge in [-0.2, -0.15) is 0 Å². The maximum Gasteiger partial charge on any atom is 0.276 e. The predicted octanol–water partition coefficient (Wildman–Crippen LogP) is 3.09. The number of rotatable bonds is 3. The van der Waals surface area contributed by atoms with E-state index in [0.717, 1.165) is 12.1 Å². The van der Waals surface area contributed by atoms with Crippen LogP contribution in [0.5, 0.6) is 0 Å². The van der Waals surface area contributed by atoms with Gasteiger partial charge in [-0.3, -0.25) is 4.79 Å². The lowest BCUT2D eigenvalue weighted by molar-refractivity contribution is 0.0732. The second-order valence-corrected chi connectivity index (χ2v) is 4.59. The molecular weight excluding hydrogens is 266 g/mol. The Morgan fingerprint density at radius 3 is 2.55 bits per heavy atom. The van der Waals surface area contributed by atoms with Gasteiger partial charge in [0.2, 0.25) is 0 Å². The maximum absolute atomic E-state index is 13.2. The van der Waals surface area contributed by atoms with Crippen LogP contribution in [0.3, 0.4) is 0 Å². The van der Waals surface area contributed by atoms with Crippen molar-refractivity contribution in [1.29, 1.82) is 0 Å². The largest absolute Gasteiger partial charge is 0.361 e. The summed E-state index contributed by atoms with van der Waals surface area (Å²) in [5.41, 5.74) is 0.680. The van der Waals surface area contributed by atoms with Crippen molar-refractivity contribution in [2.24, 2.45) is 0 Å². The Kier molecular flexibility index (Phi) is 3.83. The minimum Gasteiger partial charge on any atom is -0.361 e. The standard InChI is InChI=1S/C14H14F2N2O2/c1-8-6-13(17-20-8)14(19)18(3)9(2)10-4-5-11(15)12(16)7-10/h4-7,9H,1-3H3/t9-/m0/s1. The molecule has 0 spiro atoms. The van der Waals surface area contributed by atoms with Gasteiger partial charge >= 0.3 is 0 Å². The fourth-order valence-corrected chi connectivity index (χ4v) is 1.82. The molecule has 1 amide bonds. The van der Waals surface area contributed by atoms with Gasteiger partial charge in [-0.15, -0.1) is 0 Å². The van der Waals surface area contributed by atoms with Crippen molar-refractivity contribution < 1.29 is 18.1 Å². The highest BCUT2D eigenvalue weighted by molar-refractivity contribution is 5.92. The molecule has 0 N–H and O–H groups in total. The summed E-state index contributed by atoms with van der Waals surface area (Å²) in [6, 6.07) is 4.67. The van der Waals surface area contributed by atoms with E-state index in [0.29, 0.717) is 11.3 Å². The van der Waals surface area contributed by atoms with E-state index in [9.17, 15) is 13.6 Å². The number of carbonyl (C=O) groups is 1. The molecule has 2 aromatic rings. The van der Waals surface area contributed by atoms with E-state index in [4.69, 9.17) is 4.52 Å². The molecule has 1 aromatic heterocycles. The van der Waals surface area contributed by atoms with Crippen LogP contribution in [0, 0.1) is 18.6 Å². The zero-order valence-electron chi connectivity index (χ0n) is 11.4. The zero-order valence-corrected chi connectivity index (χ0v) is 11.4. The first-order chi connectivity index (χ1) is 9.40. The van der Waals surface area contributed by atoms with Gasteiger partial charge in [-0.25, -0.2) is 8.78 Å². The van der Waals surface area contributed by atoms with Crippen molar-refractivity contribution >= 4 is 5.91 Å². The topological polar surface area (TPSA) is 46.3 Å². The number of halogens is 2. The summed E-state index contributed by atoms with van der Waals surface area (Å²) in [6.45, 7) is 3.40. The van der Waals surface area contributed by atoms with E-state index in [1.807, 2.05) is 0 Å². The number of nitrogens with zero attached hydrogens (tertiary/aromatic N) is 2. The van der Waals surface area contributed by atoms with Crippen molar-refractivity contribution in [1.82, 2.24) is 10.1 Å². The Hall–Kier alpha value is -2.24. The molecule has 0 aliphatic carbocycles. The number of benzene rings is 1.